The standard InChI is InChI=1S/C13H20N2O2/c1-8(2)15-6-11(14)10-5-13-12(4-9(10)3)16-7-17-13/h4-5,8,11,15H,6-7,14H2,1-3H3. The highest BCUT2D eigenvalue weighted by molar-refractivity contribution is 5.49. The van der Waals surface area contributed by atoms with Crippen LogP contribution in [0.1, 0.15) is 31.0 Å². The van der Waals surface area contributed by atoms with Crippen LogP contribution in [-0.2, 0) is 0 Å². The zero-order chi connectivity index (χ0) is 12.4. The van der Waals surface area contributed by atoms with Crippen molar-refractivity contribution in [3.05, 3.63) is 23.3 Å². The lowest BCUT2D eigenvalue weighted by Crippen LogP contribution is -2.32. The Hall–Kier alpha value is -1.26. The number of fused-ring (bicyclic) bond motifs is 1. The van der Waals surface area contributed by atoms with Crippen molar-refractivity contribution in [2.75, 3.05) is 13.3 Å². The fraction of sp³-hybridized carbons (Fsp3) is 0.538. The summed E-state index contributed by atoms with van der Waals surface area (Å²) >= 11 is 0. The molecule has 0 radical (unpaired) electrons. The molecule has 1 heterocycles. The summed E-state index contributed by atoms with van der Waals surface area (Å²) < 4.78 is 10.7. The van der Waals surface area contributed by atoms with Gasteiger partial charge in [0.05, 0.1) is 0 Å². The van der Waals surface area contributed by atoms with Crippen LogP contribution in [0.4, 0.5) is 0 Å². The second-order valence-corrected chi connectivity index (χ2v) is 4.73. The molecule has 0 bridgehead atoms. The van der Waals surface area contributed by atoms with Crippen LogP contribution in [0.5, 0.6) is 11.5 Å². The van der Waals surface area contributed by atoms with Crippen molar-refractivity contribution in [3.8, 4) is 11.5 Å². The monoisotopic (exact) mass is 236 g/mol. The van der Waals surface area contributed by atoms with Crippen molar-refractivity contribution < 1.29 is 9.47 Å². The molecule has 17 heavy (non-hydrogen) atoms. The summed E-state index contributed by atoms with van der Waals surface area (Å²) in [7, 11) is 0. The molecule has 0 aliphatic carbocycles. The van der Waals surface area contributed by atoms with E-state index in [1.165, 1.54) is 0 Å². The van der Waals surface area contributed by atoms with Gasteiger partial charge in [0, 0.05) is 18.6 Å². The van der Waals surface area contributed by atoms with Crippen LogP contribution in [0, 0.1) is 6.92 Å². The number of hydrogen-bond donors (Lipinski definition) is 2. The molecule has 0 saturated heterocycles. The van der Waals surface area contributed by atoms with Gasteiger partial charge in [-0.25, -0.2) is 0 Å². The van der Waals surface area contributed by atoms with E-state index in [2.05, 4.69) is 19.2 Å². The summed E-state index contributed by atoms with van der Waals surface area (Å²) in [4.78, 5) is 0. The Morgan fingerprint density at radius 2 is 1.94 bits per heavy atom. The Morgan fingerprint density at radius 1 is 1.29 bits per heavy atom. The van der Waals surface area contributed by atoms with E-state index in [1.807, 2.05) is 19.1 Å². The van der Waals surface area contributed by atoms with Gasteiger partial charge in [-0.15, -0.1) is 0 Å². The molecule has 3 N–H and O–H groups in total. The molecule has 0 spiro atoms. The molecule has 0 amide bonds. The van der Waals surface area contributed by atoms with Crippen molar-refractivity contribution in [3.63, 3.8) is 0 Å². The van der Waals surface area contributed by atoms with Crippen LogP contribution >= 0.6 is 0 Å². The minimum atomic E-state index is -0.0214. The van der Waals surface area contributed by atoms with Crippen LogP contribution in [0.15, 0.2) is 12.1 Å². The quantitative estimate of drug-likeness (QED) is 0.835. The van der Waals surface area contributed by atoms with Crippen molar-refractivity contribution in [1.82, 2.24) is 5.32 Å². The fourth-order valence-corrected chi connectivity index (χ4v) is 1.93. The Kier molecular flexibility index (Phi) is 3.54. The lowest BCUT2D eigenvalue weighted by molar-refractivity contribution is 0.174. The van der Waals surface area contributed by atoms with E-state index in [0.717, 1.165) is 29.2 Å². The Morgan fingerprint density at radius 3 is 2.59 bits per heavy atom. The highest BCUT2D eigenvalue weighted by atomic mass is 16.7. The van der Waals surface area contributed by atoms with E-state index in [4.69, 9.17) is 15.2 Å². The van der Waals surface area contributed by atoms with Crippen molar-refractivity contribution in [1.29, 1.82) is 0 Å². The second kappa shape index (κ2) is 4.94. The summed E-state index contributed by atoms with van der Waals surface area (Å²) in [5, 5.41) is 3.34. The number of rotatable bonds is 4. The summed E-state index contributed by atoms with van der Waals surface area (Å²) in [6, 6.07) is 4.40. The van der Waals surface area contributed by atoms with Crippen LogP contribution < -0.4 is 20.5 Å². The number of hydrogen-bond acceptors (Lipinski definition) is 4. The third-order valence-electron chi connectivity index (χ3n) is 2.91. The lowest BCUT2D eigenvalue weighted by Gasteiger charge is -2.17. The van der Waals surface area contributed by atoms with Crippen LogP contribution in [0.25, 0.3) is 0 Å². The van der Waals surface area contributed by atoms with Gasteiger partial charge in [0.1, 0.15) is 0 Å². The summed E-state index contributed by atoms with van der Waals surface area (Å²) in [5.74, 6) is 1.61. The maximum absolute atomic E-state index is 6.18. The predicted molar refractivity (Wildman–Crippen MR) is 67.4 cm³/mol. The largest absolute Gasteiger partial charge is 0.454 e. The third kappa shape index (κ3) is 2.70. The van der Waals surface area contributed by atoms with Crippen LogP contribution in [0.2, 0.25) is 0 Å². The molecule has 0 fully saturated rings. The van der Waals surface area contributed by atoms with Crippen molar-refractivity contribution in [2.45, 2.75) is 32.9 Å². The molecule has 1 aromatic rings. The van der Waals surface area contributed by atoms with Gasteiger partial charge in [-0.1, -0.05) is 13.8 Å². The maximum Gasteiger partial charge on any atom is 0.231 e. The average Bonchev–Trinajstić information content (AvgIpc) is 2.71. The average molecular weight is 236 g/mol. The van der Waals surface area contributed by atoms with Gasteiger partial charge in [-0.2, -0.15) is 0 Å². The molecule has 0 saturated carbocycles. The zero-order valence-electron chi connectivity index (χ0n) is 10.6. The Balaban J connectivity index is 2.15. The second-order valence-electron chi connectivity index (χ2n) is 4.73. The number of ether oxygens (including phenoxy) is 2. The summed E-state index contributed by atoms with van der Waals surface area (Å²) in [5.41, 5.74) is 8.44. The fourth-order valence-electron chi connectivity index (χ4n) is 1.93. The first-order valence-corrected chi connectivity index (χ1v) is 5.97. The van der Waals surface area contributed by atoms with E-state index in [-0.39, 0.29) is 6.04 Å². The SMILES string of the molecule is Cc1cc2c(cc1C(N)CNC(C)C)OCO2. The van der Waals surface area contributed by atoms with Gasteiger partial charge in [-0.3, -0.25) is 0 Å². The van der Waals surface area contributed by atoms with Gasteiger partial charge in [0.2, 0.25) is 6.79 Å². The first kappa shape index (κ1) is 12.2. The summed E-state index contributed by atoms with van der Waals surface area (Å²) in [6.45, 7) is 7.33. The topological polar surface area (TPSA) is 56.5 Å². The molecular weight excluding hydrogens is 216 g/mol. The van der Waals surface area contributed by atoms with E-state index >= 15 is 0 Å². The summed E-state index contributed by atoms with van der Waals surface area (Å²) in [6.07, 6.45) is 0. The molecule has 1 aromatic carbocycles. The number of nitrogens with one attached hydrogen (secondary N) is 1. The van der Waals surface area contributed by atoms with Crippen molar-refractivity contribution in [2.24, 2.45) is 5.73 Å². The van der Waals surface area contributed by atoms with E-state index in [1.54, 1.807) is 0 Å². The Labute approximate surface area is 102 Å². The van der Waals surface area contributed by atoms with Gasteiger partial charge in [0.25, 0.3) is 0 Å². The number of aryl methyl sites for hydroxylation is 1. The first-order chi connectivity index (χ1) is 8.08. The Bertz CT molecular complexity index is 405. The normalized spacial score (nSPS) is 15.4. The third-order valence-corrected chi connectivity index (χ3v) is 2.91. The van der Waals surface area contributed by atoms with E-state index in [0.29, 0.717) is 12.8 Å². The minimum absolute atomic E-state index is 0.0214. The molecule has 4 nitrogen and oxygen atoms in total. The van der Waals surface area contributed by atoms with Gasteiger partial charge < -0.3 is 20.5 Å². The lowest BCUT2D eigenvalue weighted by atomic mass is 10.0. The van der Waals surface area contributed by atoms with Crippen molar-refractivity contribution >= 4 is 0 Å². The van der Waals surface area contributed by atoms with Crippen LogP contribution in [-0.4, -0.2) is 19.4 Å². The van der Waals surface area contributed by atoms with E-state index in [9.17, 15) is 0 Å². The molecule has 1 atom stereocenters. The molecule has 94 valence electrons. The molecule has 1 aliphatic rings. The number of benzene rings is 1. The maximum atomic E-state index is 6.18. The minimum Gasteiger partial charge on any atom is -0.454 e. The predicted octanol–water partition coefficient (Wildman–Crippen LogP) is 1.72. The van der Waals surface area contributed by atoms with Gasteiger partial charge in [-0.05, 0) is 30.2 Å². The van der Waals surface area contributed by atoms with E-state index < -0.39 is 0 Å². The number of nitrogens with two attached hydrogens (primary N) is 1. The molecule has 4 heteroatoms. The zero-order valence-corrected chi connectivity index (χ0v) is 10.6. The molecule has 0 aromatic heterocycles. The van der Waals surface area contributed by atoms with Gasteiger partial charge in [0.15, 0.2) is 11.5 Å². The van der Waals surface area contributed by atoms with Gasteiger partial charge >= 0.3 is 0 Å². The smallest absolute Gasteiger partial charge is 0.231 e. The van der Waals surface area contributed by atoms with Crippen LogP contribution in [0.3, 0.4) is 0 Å². The highest BCUT2D eigenvalue weighted by Gasteiger charge is 2.18. The molecule has 2 rings (SSSR count). The molecule has 1 unspecified atom stereocenters. The highest BCUT2D eigenvalue weighted by Crippen LogP contribution is 2.35. The molecule has 1 aliphatic heterocycles. The molecular formula is C13H20N2O2. The first-order valence-electron chi connectivity index (χ1n) is 5.97.